The third kappa shape index (κ3) is 9.45. The molecular formula is C24H33N3O5. The van der Waals surface area contributed by atoms with Crippen molar-refractivity contribution in [2.24, 2.45) is 0 Å². The van der Waals surface area contributed by atoms with Gasteiger partial charge in [0.25, 0.3) is 5.91 Å². The molecule has 0 aliphatic carbocycles. The molecule has 0 aliphatic rings. The number of ether oxygens (including phenoxy) is 2. The van der Waals surface area contributed by atoms with Gasteiger partial charge < -0.3 is 24.1 Å². The van der Waals surface area contributed by atoms with Gasteiger partial charge in [-0.3, -0.25) is 9.59 Å². The molecule has 2 aromatic rings. The molecule has 174 valence electrons. The molecule has 1 aromatic heterocycles. The van der Waals surface area contributed by atoms with E-state index in [-0.39, 0.29) is 24.1 Å². The number of amides is 2. The van der Waals surface area contributed by atoms with E-state index in [0.29, 0.717) is 51.8 Å². The average molecular weight is 444 g/mol. The molecule has 2 rings (SSSR count). The Kier molecular flexibility index (Phi) is 11.8. The fraction of sp³-hybridized carbons (Fsp3) is 0.458. The van der Waals surface area contributed by atoms with Crippen LogP contribution in [0, 0.1) is 0 Å². The lowest BCUT2D eigenvalue weighted by Crippen LogP contribution is -2.31. The van der Waals surface area contributed by atoms with Crippen molar-refractivity contribution in [3.63, 3.8) is 0 Å². The number of carbonyl (C=O) groups excluding carboxylic acids is 2. The zero-order valence-electron chi connectivity index (χ0n) is 18.9. The highest BCUT2D eigenvalue weighted by atomic mass is 16.5. The Balaban J connectivity index is 1.95. The van der Waals surface area contributed by atoms with Gasteiger partial charge in [-0.05, 0) is 38.3 Å². The van der Waals surface area contributed by atoms with Gasteiger partial charge in [0.15, 0.2) is 5.69 Å². The number of rotatable bonds is 15. The summed E-state index contributed by atoms with van der Waals surface area (Å²) in [7, 11) is 0. The normalized spacial score (nSPS) is 11.1. The Labute approximate surface area is 189 Å². The van der Waals surface area contributed by atoms with Crippen molar-refractivity contribution in [2.75, 3.05) is 39.5 Å². The molecule has 0 atom stereocenters. The predicted molar refractivity (Wildman–Crippen MR) is 122 cm³/mol. The van der Waals surface area contributed by atoms with E-state index in [1.54, 1.807) is 11.0 Å². The van der Waals surface area contributed by atoms with E-state index >= 15 is 0 Å². The zero-order chi connectivity index (χ0) is 23.0. The quantitative estimate of drug-likeness (QED) is 0.335. The molecule has 0 saturated heterocycles. The van der Waals surface area contributed by atoms with Crippen LogP contribution >= 0.6 is 0 Å². The molecule has 0 aliphatic heterocycles. The second-order valence-electron chi connectivity index (χ2n) is 6.99. The highest BCUT2D eigenvalue weighted by molar-refractivity contribution is 5.92. The fourth-order valence-electron chi connectivity index (χ4n) is 2.87. The van der Waals surface area contributed by atoms with Gasteiger partial charge in [0.2, 0.25) is 11.8 Å². The summed E-state index contributed by atoms with van der Waals surface area (Å²) in [5, 5.41) is 2.78. The maximum atomic E-state index is 12.8. The second kappa shape index (κ2) is 14.9. The first kappa shape index (κ1) is 25.3. The summed E-state index contributed by atoms with van der Waals surface area (Å²) in [4.78, 5) is 30.9. The van der Waals surface area contributed by atoms with Crippen LogP contribution in [0.15, 0.2) is 47.1 Å². The van der Waals surface area contributed by atoms with E-state index in [1.165, 1.54) is 12.3 Å². The van der Waals surface area contributed by atoms with Crippen molar-refractivity contribution in [3.8, 4) is 0 Å². The Morgan fingerprint density at radius 3 is 2.53 bits per heavy atom. The van der Waals surface area contributed by atoms with E-state index in [4.69, 9.17) is 13.9 Å². The Morgan fingerprint density at radius 2 is 1.81 bits per heavy atom. The maximum absolute atomic E-state index is 12.8. The SMILES string of the molecule is CCOCCCNC(=O)c1coc(CN(CCCOCC)C(=O)C=Cc2ccccc2)n1. The van der Waals surface area contributed by atoms with Gasteiger partial charge in [0.1, 0.15) is 6.26 Å². The van der Waals surface area contributed by atoms with E-state index in [2.05, 4.69) is 10.3 Å². The monoisotopic (exact) mass is 443 g/mol. The Hall–Kier alpha value is -2.97. The summed E-state index contributed by atoms with van der Waals surface area (Å²) in [6, 6.07) is 9.61. The molecule has 2 amide bonds. The molecule has 0 saturated carbocycles. The van der Waals surface area contributed by atoms with E-state index in [0.717, 1.165) is 12.0 Å². The lowest BCUT2D eigenvalue weighted by atomic mass is 10.2. The standard InChI is InChI=1S/C24H33N3O5/c1-3-30-16-8-14-25-24(29)21-19-32-22(26-21)18-27(15-9-17-31-4-2)23(28)13-12-20-10-6-5-7-11-20/h5-7,10-13,19H,3-4,8-9,14-18H2,1-2H3,(H,25,29). The Morgan fingerprint density at radius 1 is 1.09 bits per heavy atom. The summed E-state index contributed by atoms with van der Waals surface area (Å²) in [6.45, 7) is 7.44. The molecular weight excluding hydrogens is 410 g/mol. The van der Waals surface area contributed by atoms with Gasteiger partial charge in [0, 0.05) is 45.6 Å². The van der Waals surface area contributed by atoms with E-state index < -0.39 is 0 Å². The van der Waals surface area contributed by atoms with Crippen molar-refractivity contribution in [1.29, 1.82) is 0 Å². The smallest absolute Gasteiger partial charge is 0.273 e. The first-order valence-corrected chi connectivity index (χ1v) is 11.0. The molecule has 1 aromatic carbocycles. The average Bonchev–Trinajstić information content (AvgIpc) is 3.28. The molecule has 8 heteroatoms. The van der Waals surface area contributed by atoms with Crippen molar-refractivity contribution >= 4 is 17.9 Å². The number of hydrogen-bond donors (Lipinski definition) is 1. The third-order valence-electron chi connectivity index (χ3n) is 4.52. The zero-order valence-corrected chi connectivity index (χ0v) is 18.9. The molecule has 0 unspecified atom stereocenters. The van der Waals surface area contributed by atoms with Crippen molar-refractivity contribution in [2.45, 2.75) is 33.2 Å². The number of carbonyl (C=O) groups is 2. The number of nitrogens with one attached hydrogen (secondary N) is 1. The highest BCUT2D eigenvalue weighted by Gasteiger charge is 2.17. The molecule has 1 N–H and O–H groups in total. The van der Waals surface area contributed by atoms with Crippen LogP contribution in [0.2, 0.25) is 0 Å². The predicted octanol–water partition coefficient (Wildman–Crippen LogP) is 3.30. The first-order chi connectivity index (χ1) is 15.6. The molecule has 8 nitrogen and oxygen atoms in total. The second-order valence-corrected chi connectivity index (χ2v) is 6.99. The van der Waals surface area contributed by atoms with Crippen LogP contribution < -0.4 is 5.32 Å². The minimum absolute atomic E-state index is 0.162. The van der Waals surface area contributed by atoms with Crippen molar-refractivity contribution in [3.05, 3.63) is 59.8 Å². The topological polar surface area (TPSA) is 93.9 Å². The summed E-state index contributed by atoms with van der Waals surface area (Å²) < 4.78 is 16.1. The molecule has 0 fully saturated rings. The summed E-state index contributed by atoms with van der Waals surface area (Å²) in [6.07, 6.45) is 6.03. The lowest BCUT2D eigenvalue weighted by molar-refractivity contribution is -0.127. The van der Waals surface area contributed by atoms with Crippen molar-refractivity contribution < 1.29 is 23.5 Å². The van der Waals surface area contributed by atoms with Crippen LogP contribution in [0.1, 0.15) is 48.6 Å². The first-order valence-electron chi connectivity index (χ1n) is 11.0. The summed E-state index contributed by atoms with van der Waals surface area (Å²) in [5.74, 6) is -0.164. The van der Waals surface area contributed by atoms with Crippen LogP contribution in [0.25, 0.3) is 6.08 Å². The lowest BCUT2D eigenvalue weighted by Gasteiger charge is -2.19. The summed E-state index contributed by atoms with van der Waals surface area (Å²) >= 11 is 0. The van der Waals surface area contributed by atoms with Gasteiger partial charge in [-0.1, -0.05) is 30.3 Å². The minimum atomic E-state index is -0.310. The van der Waals surface area contributed by atoms with Crippen LogP contribution in [-0.2, 0) is 20.8 Å². The van der Waals surface area contributed by atoms with Crippen LogP contribution in [-0.4, -0.2) is 61.2 Å². The number of hydrogen-bond acceptors (Lipinski definition) is 6. The van der Waals surface area contributed by atoms with E-state index in [9.17, 15) is 9.59 Å². The number of aromatic nitrogens is 1. The molecule has 0 radical (unpaired) electrons. The van der Waals surface area contributed by atoms with Gasteiger partial charge >= 0.3 is 0 Å². The van der Waals surface area contributed by atoms with Gasteiger partial charge in [-0.2, -0.15) is 0 Å². The fourth-order valence-corrected chi connectivity index (χ4v) is 2.87. The number of nitrogens with zero attached hydrogens (tertiary/aromatic N) is 2. The van der Waals surface area contributed by atoms with Crippen LogP contribution in [0.4, 0.5) is 0 Å². The Bertz CT molecular complexity index is 835. The van der Waals surface area contributed by atoms with Crippen LogP contribution in [0.5, 0.6) is 0 Å². The molecule has 0 bridgehead atoms. The number of oxazole rings is 1. The van der Waals surface area contributed by atoms with Gasteiger partial charge in [0.05, 0.1) is 6.54 Å². The minimum Gasteiger partial charge on any atom is -0.446 e. The number of benzene rings is 1. The van der Waals surface area contributed by atoms with E-state index in [1.807, 2.05) is 44.2 Å². The largest absolute Gasteiger partial charge is 0.446 e. The molecule has 32 heavy (non-hydrogen) atoms. The third-order valence-corrected chi connectivity index (χ3v) is 4.52. The van der Waals surface area contributed by atoms with Gasteiger partial charge in [-0.15, -0.1) is 0 Å². The molecule has 1 heterocycles. The maximum Gasteiger partial charge on any atom is 0.273 e. The van der Waals surface area contributed by atoms with Gasteiger partial charge in [-0.25, -0.2) is 4.98 Å². The van der Waals surface area contributed by atoms with Crippen LogP contribution in [0.3, 0.4) is 0 Å². The highest BCUT2D eigenvalue weighted by Crippen LogP contribution is 2.09. The summed E-state index contributed by atoms with van der Waals surface area (Å²) in [5.41, 5.74) is 1.13. The molecule has 0 spiro atoms. The van der Waals surface area contributed by atoms with Crippen molar-refractivity contribution in [1.82, 2.24) is 15.2 Å².